The monoisotopic (exact) mass is 317 g/mol. The van der Waals surface area contributed by atoms with Crippen molar-refractivity contribution < 1.29 is 9.53 Å². The number of ether oxygens (including phenoxy) is 1. The Morgan fingerprint density at radius 1 is 1.39 bits per heavy atom. The van der Waals surface area contributed by atoms with Gasteiger partial charge in [-0.25, -0.2) is 9.67 Å². The molecule has 7 heteroatoms. The Labute approximate surface area is 136 Å². The van der Waals surface area contributed by atoms with Crippen molar-refractivity contribution in [1.82, 2.24) is 25.0 Å². The van der Waals surface area contributed by atoms with Crippen molar-refractivity contribution in [2.75, 3.05) is 33.9 Å². The predicted octanol–water partition coefficient (Wildman–Crippen LogP) is 1.02. The summed E-state index contributed by atoms with van der Waals surface area (Å²) in [7, 11) is 3.55. The van der Waals surface area contributed by atoms with Crippen LogP contribution in [0.5, 0.6) is 0 Å². The zero-order chi connectivity index (χ0) is 16.7. The molecule has 0 aliphatic rings. The Balaban J connectivity index is 1.91. The molecule has 0 saturated carbocycles. The molecule has 1 aromatic carbocycles. The van der Waals surface area contributed by atoms with E-state index >= 15 is 0 Å². The van der Waals surface area contributed by atoms with E-state index in [1.165, 1.54) is 6.33 Å². The Morgan fingerprint density at radius 3 is 2.74 bits per heavy atom. The SMILES string of the molecule is COCCNC(=O)CN(C)[C@H](C)c1ccc(-n2cncn2)cc1. The first-order chi connectivity index (χ1) is 11.1. The number of carbonyl (C=O) groups excluding carboxylic acids is 1. The minimum atomic E-state index is -0.00404. The van der Waals surface area contributed by atoms with Crippen LogP contribution in [0.15, 0.2) is 36.9 Å². The average Bonchev–Trinajstić information content (AvgIpc) is 3.09. The minimum absolute atomic E-state index is 0.00404. The number of hydrogen-bond donors (Lipinski definition) is 1. The van der Waals surface area contributed by atoms with Gasteiger partial charge in [-0.05, 0) is 31.7 Å². The van der Waals surface area contributed by atoms with E-state index in [1.54, 1.807) is 18.1 Å². The van der Waals surface area contributed by atoms with E-state index in [9.17, 15) is 4.79 Å². The predicted molar refractivity (Wildman–Crippen MR) is 87.3 cm³/mol. The molecule has 2 rings (SSSR count). The Hall–Kier alpha value is -2.25. The number of benzene rings is 1. The maximum atomic E-state index is 11.8. The number of likely N-dealkylation sites (N-methyl/N-ethyl adjacent to an activating group) is 1. The smallest absolute Gasteiger partial charge is 0.234 e. The first-order valence-electron chi connectivity index (χ1n) is 7.52. The first-order valence-corrected chi connectivity index (χ1v) is 7.52. The fourth-order valence-electron chi connectivity index (χ4n) is 2.21. The number of aromatic nitrogens is 3. The molecule has 1 aromatic heterocycles. The van der Waals surface area contributed by atoms with Gasteiger partial charge >= 0.3 is 0 Å². The zero-order valence-corrected chi connectivity index (χ0v) is 13.8. The molecule has 0 saturated heterocycles. The lowest BCUT2D eigenvalue weighted by Gasteiger charge is -2.24. The van der Waals surface area contributed by atoms with Crippen LogP contribution in [0.1, 0.15) is 18.5 Å². The second-order valence-corrected chi connectivity index (χ2v) is 5.37. The molecule has 1 N–H and O–H groups in total. The van der Waals surface area contributed by atoms with E-state index < -0.39 is 0 Å². The van der Waals surface area contributed by atoms with Gasteiger partial charge in [0.25, 0.3) is 0 Å². The summed E-state index contributed by atoms with van der Waals surface area (Å²) in [5.41, 5.74) is 2.10. The molecule has 124 valence electrons. The third-order valence-electron chi connectivity index (χ3n) is 3.74. The van der Waals surface area contributed by atoms with E-state index in [0.29, 0.717) is 19.7 Å². The molecule has 0 aliphatic carbocycles. The maximum absolute atomic E-state index is 11.8. The average molecular weight is 317 g/mol. The van der Waals surface area contributed by atoms with Crippen molar-refractivity contribution in [3.05, 3.63) is 42.5 Å². The summed E-state index contributed by atoms with van der Waals surface area (Å²) >= 11 is 0. The summed E-state index contributed by atoms with van der Waals surface area (Å²) in [5, 5.41) is 6.93. The van der Waals surface area contributed by atoms with Crippen LogP contribution in [-0.2, 0) is 9.53 Å². The lowest BCUT2D eigenvalue weighted by Crippen LogP contribution is -2.37. The van der Waals surface area contributed by atoms with Gasteiger partial charge in [0.2, 0.25) is 5.91 Å². The second-order valence-electron chi connectivity index (χ2n) is 5.37. The van der Waals surface area contributed by atoms with Crippen LogP contribution in [0, 0.1) is 0 Å². The molecule has 0 spiro atoms. The van der Waals surface area contributed by atoms with Crippen molar-refractivity contribution in [2.45, 2.75) is 13.0 Å². The molecule has 2 aromatic rings. The summed E-state index contributed by atoms with van der Waals surface area (Å²) in [6.07, 6.45) is 3.17. The highest BCUT2D eigenvalue weighted by Gasteiger charge is 2.14. The second kappa shape index (κ2) is 8.40. The maximum Gasteiger partial charge on any atom is 0.234 e. The number of nitrogens with one attached hydrogen (secondary N) is 1. The molecular formula is C16H23N5O2. The van der Waals surface area contributed by atoms with Gasteiger partial charge in [0.15, 0.2) is 0 Å². The summed E-state index contributed by atoms with van der Waals surface area (Å²) < 4.78 is 6.63. The molecule has 23 heavy (non-hydrogen) atoms. The zero-order valence-electron chi connectivity index (χ0n) is 13.8. The van der Waals surface area contributed by atoms with Crippen LogP contribution in [0.2, 0.25) is 0 Å². The lowest BCUT2D eigenvalue weighted by atomic mass is 10.1. The van der Waals surface area contributed by atoms with Gasteiger partial charge in [-0.1, -0.05) is 12.1 Å². The number of hydrogen-bond acceptors (Lipinski definition) is 5. The van der Waals surface area contributed by atoms with Crippen LogP contribution in [0.4, 0.5) is 0 Å². The van der Waals surface area contributed by atoms with Crippen molar-refractivity contribution in [2.24, 2.45) is 0 Å². The van der Waals surface area contributed by atoms with Gasteiger partial charge in [-0.3, -0.25) is 9.69 Å². The molecule has 7 nitrogen and oxygen atoms in total. The fraction of sp³-hybridized carbons (Fsp3) is 0.438. The molecule has 0 bridgehead atoms. The number of rotatable bonds is 8. The van der Waals surface area contributed by atoms with Gasteiger partial charge < -0.3 is 10.1 Å². The van der Waals surface area contributed by atoms with Crippen molar-refractivity contribution >= 4 is 5.91 Å². The molecular weight excluding hydrogens is 294 g/mol. The van der Waals surface area contributed by atoms with Gasteiger partial charge in [0.1, 0.15) is 12.7 Å². The molecule has 0 aliphatic heterocycles. The Kier molecular flexibility index (Phi) is 6.25. The number of methoxy groups -OCH3 is 1. The van der Waals surface area contributed by atoms with Crippen LogP contribution in [-0.4, -0.2) is 59.4 Å². The highest BCUT2D eigenvalue weighted by atomic mass is 16.5. The Bertz CT molecular complexity index is 597. The van der Waals surface area contributed by atoms with Gasteiger partial charge in [0.05, 0.1) is 18.8 Å². The van der Waals surface area contributed by atoms with Crippen molar-refractivity contribution in [3.8, 4) is 5.69 Å². The van der Waals surface area contributed by atoms with E-state index in [1.807, 2.05) is 36.2 Å². The number of amides is 1. The highest BCUT2D eigenvalue weighted by molar-refractivity contribution is 5.78. The summed E-state index contributed by atoms with van der Waals surface area (Å²) in [5.74, 6) is -0.00404. The van der Waals surface area contributed by atoms with Crippen LogP contribution in [0.25, 0.3) is 5.69 Å². The van der Waals surface area contributed by atoms with Crippen LogP contribution in [0.3, 0.4) is 0 Å². The molecule has 0 unspecified atom stereocenters. The van der Waals surface area contributed by atoms with Crippen LogP contribution < -0.4 is 5.32 Å². The van der Waals surface area contributed by atoms with Gasteiger partial charge in [-0.15, -0.1) is 0 Å². The standard InChI is InChI=1S/C16H23N5O2/c1-13(20(2)10-16(22)18-8-9-23-3)14-4-6-15(7-5-14)21-12-17-11-19-21/h4-7,11-13H,8-10H2,1-3H3,(H,18,22)/t13-/m1/s1. The topological polar surface area (TPSA) is 72.3 Å². The molecule has 0 fully saturated rings. The van der Waals surface area contributed by atoms with Crippen molar-refractivity contribution in [3.63, 3.8) is 0 Å². The van der Waals surface area contributed by atoms with Crippen molar-refractivity contribution in [1.29, 1.82) is 0 Å². The minimum Gasteiger partial charge on any atom is -0.383 e. The van der Waals surface area contributed by atoms with E-state index in [2.05, 4.69) is 22.3 Å². The third-order valence-corrected chi connectivity index (χ3v) is 3.74. The first kappa shape index (κ1) is 17.1. The molecule has 1 atom stereocenters. The largest absolute Gasteiger partial charge is 0.383 e. The third kappa shape index (κ3) is 4.87. The van der Waals surface area contributed by atoms with E-state index in [-0.39, 0.29) is 11.9 Å². The number of carbonyl (C=O) groups is 1. The fourth-order valence-corrected chi connectivity index (χ4v) is 2.21. The summed E-state index contributed by atoms with van der Waals surface area (Å²) in [6.45, 7) is 3.47. The quantitative estimate of drug-likeness (QED) is 0.736. The van der Waals surface area contributed by atoms with Crippen LogP contribution >= 0.6 is 0 Å². The number of nitrogens with zero attached hydrogens (tertiary/aromatic N) is 4. The normalized spacial score (nSPS) is 12.3. The van der Waals surface area contributed by atoms with E-state index in [0.717, 1.165) is 11.3 Å². The van der Waals surface area contributed by atoms with Gasteiger partial charge in [0, 0.05) is 19.7 Å². The molecule has 1 heterocycles. The van der Waals surface area contributed by atoms with Gasteiger partial charge in [-0.2, -0.15) is 5.10 Å². The highest BCUT2D eigenvalue weighted by Crippen LogP contribution is 2.19. The summed E-state index contributed by atoms with van der Waals surface area (Å²) in [6, 6.07) is 8.20. The molecule has 0 radical (unpaired) electrons. The Morgan fingerprint density at radius 2 is 2.13 bits per heavy atom. The summed E-state index contributed by atoms with van der Waals surface area (Å²) in [4.78, 5) is 17.8. The molecule has 1 amide bonds. The van der Waals surface area contributed by atoms with E-state index in [4.69, 9.17) is 4.74 Å². The lowest BCUT2D eigenvalue weighted by molar-refractivity contribution is -0.122.